The summed E-state index contributed by atoms with van der Waals surface area (Å²) in [4.78, 5) is 12.7. The summed E-state index contributed by atoms with van der Waals surface area (Å²) >= 11 is 17.9. The number of benzene rings is 2. The largest absolute Gasteiger partial charge is 0.326 e. The maximum absolute atomic E-state index is 12.9. The minimum Gasteiger partial charge on any atom is -0.326 e. The van der Waals surface area contributed by atoms with Gasteiger partial charge in [-0.15, -0.1) is 0 Å². The van der Waals surface area contributed by atoms with Crippen LogP contribution in [0.25, 0.3) is 0 Å². The Morgan fingerprint density at radius 1 is 1.14 bits per heavy atom. The van der Waals surface area contributed by atoms with Crippen molar-refractivity contribution < 1.29 is 13.2 Å². The number of amides is 1. The lowest BCUT2D eigenvalue weighted by atomic mass is 9.98. The van der Waals surface area contributed by atoms with E-state index >= 15 is 0 Å². The van der Waals surface area contributed by atoms with Gasteiger partial charge in [0.05, 0.1) is 21.7 Å². The second-order valence-corrected chi connectivity index (χ2v) is 10.4. The zero-order valence-electron chi connectivity index (χ0n) is 15.8. The highest BCUT2D eigenvalue weighted by atomic mass is 35.5. The number of nitrogens with zero attached hydrogens (tertiary/aromatic N) is 1. The number of piperidine rings is 1. The second kappa shape index (κ2) is 9.23. The summed E-state index contributed by atoms with van der Waals surface area (Å²) in [7, 11) is -3.59. The van der Waals surface area contributed by atoms with Gasteiger partial charge in [-0.25, -0.2) is 12.7 Å². The predicted molar refractivity (Wildman–Crippen MR) is 118 cm³/mol. The number of hydrogen-bond donors (Lipinski definition) is 1. The quantitative estimate of drug-likeness (QED) is 0.651. The summed E-state index contributed by atoms with van der Waals surface area (Å²) in [6.45, 7) is 2.42. The molecule has 1 saturated heterocycles. The van der Waals surface area contributed by atoms with Gasteiger partial charge in [0.25, 0.3) is 0 Å². The van der Waals surface area contributed by atoms with E-state index in [1.807, 2.05) is 13.0 Å². The molecular formula is C20H21Cl3N2O3S. The van der Waals surface area contributed by atoms with Crippen molar-refractivity contribution in [2.45, 2.75) is 25.5 Å². The number of hydrogen-bond acceptors (Lipinski definition) is 3. The van der Waals surface area contributed by atoms with Crippen LogP contribution in [0, 0.1) is 12.8 Å². The molecule has 0 spiro atoms. The van der Waals surface area contributed by atoms with Crippen molar-refractivity contribution in [2.24, 2.45) is 5.92 Å². The first kappa shape index (κ1) is 22.4. The van der Waals surface area contributed by atoms with E-state index in [9.17, 15) is 13.2 Å². The van der Waals surface area contributed by atoms with Crippen molar-refractivity contribution in [3.05, 3.63) is 62.6 Å². The van der Waals surface area contributed by atoms with Gasteiger partial charge in [-0.2, -0.15) is 0 Å². The number of sulfonamides is 1. The lowest BCUT2D eigenvalue weighted by Crippen LogP contribution is -2.44. The summed E-state index contributed by atoms with van der Waals surface area (Å²) in [6.07, 6.45) is 1.25. The van der Waals surface area contributed by atoms with E-state index in [-0.39, 0.29) is 18.2 Å². The molecule has 1 fully saturated rings. The van der Waals surface area contributed by atoms with Crippen molar-refractivity contribution in [3.63, 3.8) is 0 Å². The first-order valence-corrected chi connectivity index (χ1v) is 11.9. The van der Waals surface area contributed by atoms with Crippen molar-refractivity contribution in [2.75, 3.05) is 18.4 Å². The summed E-state index contributed by atoms with van der Waals surface area (Å²) in [5, 5.41) is 4.09. The van der Waals surface area contributed by atoms with Crippen molar-refractivity contribution in [1.82, 2.24) is 4.31 Å². The molecule has 0 bridgehead atoms. The molecule has 1 atom stereocenters. The van der Waals surface area contributed by atoms with Crippen LogP contribution in [-0.2, 0) is 20.6 Å². The molecule has 0 aliphatic carbocycles. The molecule has 1 N–H and O–H groups in total. The number of carbonyl (C=O) groups is 1. The summed E-state index contributed by atoms with van der Waals surface area (Å²) in [5.74, 6) is -0.818. The fourth-order valence-electron chi connectivity index (χ4n) is 3.30. The molecule has 0 radical (unpaired) electrons. The maximum atomic E-state index is 12.9. The van der Waals surface area contributed by atoms with Crippen molar-refractivity contribution >= 4 is 56.4 Å². The van der Waals surface area contributed by atoms with Crippen LogP contribution >= 0.6 is 34.8 Å². The summed E-state index contributed by atoms with van der Waals surface area (Å²) in [5.41, 5.74) is 2.08. The van der Waals surface area contributed by atoms with Gasteiger partial charge >= 0.3 is 0 Å². The molecule has 29 heavy (non-hydrogen) atoms. The third kappa shape index (κ3) is 5.64. The Kier molecular flexibility index (Phi) is 7.12. The van der Waals surface area contributed by atoms with E-state index in [2.05, 4.69) is 5.32 Å². The smallest absolute Gasteiger partial charge is 0.228 e. The molecule has 1 aliphatic heterocycles. The van der Waals surface area contributed by atoms with Crippen LogP contribution in [0.4, 0.5) is 5.69 Å². The van der Waals surface area contributed by atoms with E-state index in [4.69, 9.17) is 34.8 Å². The number of carbonyl (C=O) groups excluding carboxylic acids is 1. The van der Waals surface area contributed by atoms with Gasteiger partial charge in [-0.1, -0.05) is 46.9 Å². The standard InChI is InChI=1S/C20H21Cl3N2O3S/c1-13-4-6-16(21)10-19(13)24-20(26)15-3-2-8-25(11-15)29(27,28)12-14-5-7-17(22)18(23)9-14/h4-7,9-10,15H,2-3,8,11-12H2,1H3,(H,24,26)/t15-/m0/s1. The Hall–Kier alpha value is -1.31. The normalized spacial score (nSPS) is 17.9. The monoisotopic (exact) mass is 474 g/mol. The minimum atomic E-state index is -3.59. The molecule has 1 aliphatic rings. The Morgan fingerprint density at radius 3 is 2.62 bits per heavy atom. The van der Waals surface area contributed by atoms with Crippen molar-refractivity contribution in [1.29, 1.82) is 0 Å². The average Bonchev–Trinajstić information content (AvgIpc) is 2.67. The molecule has 156 valence electrons. The molecule has 1 heterocycles. The van der Waals surface area contributed by atoms with E-state index in [1.165, 1.54) is 4.31 Å². The summed E-state index contributed by atoms with van der Waals surface area (Å²) in [6, 6.07) is 10.0. The lowest BCUT2D eigenvalue weighted by molar-refractivity contribution is -0.120. The first-order chi connectivity index (χ1) is 13.7. The highest BCUT2D eigenvalue weighted by Crippen LogP contribution is 2.27. The highest BCUT2D eigenvalue weighted by molar-refractivity contribution is 7.88. The van der Waals surface area contributed by atoms with Crippen LogP contribution in [0.5, 0.6) is 0 Å². The number of rotatable bonds is 5. The first-order valence-electron chi connectivity index (χ1n) is 9.14. The molecule has 3 rings (SSSR count). The molecule has 0 aromatic heterocycles. The Morgan fingerprint density at radius 2 is 1.90 bits per heavy atom. The zero-order chi connectivity index (χ0) is 21.2. The van der Waals surface area contributed by atoms with Gasteiger partial charge in [-0.3, -0.25) is 4.79 Å². The molecule has 5 nitrogen and oxygen atoms in total. The third-order valence-electron chi connectivity index (χ3n) is 4.94. The number of anilines is 1. The molecule has 9 heteroatoms. The fourth-order valence-corrected chi connectivity index (χ4v) is 5.39. The SMILES string of the molecule is Cc1ccc(Cl)cc1NC(=O)[C@H]1CCCN(S(=O)(=O)Cc2ccc(Cl)c(Cl)c2)C1. The van der Waals surface area contributed by atoms with E-state index in [0.29, 0.717) is 45.7 Å². The molecular weight excluding hydrogens is 455 g/mol. The second-order valence-electron chi connectivity index (χ2n) is 7.15. The van der Waals surface area contributed by atoms with Gasteiger partial charge in [-0.05, 0) is 55.2 Å². The van der Waals surface area contributed by atoms with Crippen LogP contribution in [-0.4, -0.2) is 31.7 Å². The zero-order valence-corrected chi connectivity index (χ0v) is 18.9. The van der Waals surface area contributed by atoms with E-state index < -0.39 is 15.9 Å². The van der Waals surface area contributed by atoms with Crippen molar-refractivity contribution in [3.8, 4) is 0 Å². The van der Waals surface area contributed by atoms with Gasteiger partial charge in [0.2, 0.25) is 15.9 Å². The van der Waals surface area contributed by atoms with E-state index in [0.717, 1.165) is 5.56 Å². The fraction of sp³-hybridized carbons (Fsp3) is 0.350. The van der Waals surface area contributed by atoms with E-state index in [1.54, 1.807) is 30.3 Å². The molecule has 0 unspecified atom stereocenters. The third-order valence-corrected chi connectivity index (χ3v) is 7.73. The predicted octanol–water partition coefficient (Wildman–Crippen LogP) is 5.14. The highest BCUT2D eigenvalue weighted by Gasteiger charge is 2.32. The van der Waals surface area contributed by atoms with Gasteiger partial charge in [0.1, 0.15) is 0 Å². The van der Waals surface area contributed by atoms with Gasteiger partial charge in [0, 0.05) is 23.8 Å². The number of halogens is 3. The average molecular weight is 476 g/mol. The van der Waals surface area contributed by atoms with Gasteiger partial charge in [0.15, 0.2) is 0 Å². The number of nitrogens with one attached hydrogen (secondary N) is 1. The maximum Gasteiger partial charge on any atom is 0.228 e. The van der Waals surface area contributed by atoms with Crippen LogP contribution in [0.3, 0.4) is 0 Å². The Balaban J connectivity index is 1.69. The molecule has 2 aromatic carbocycles. The Labute approximate surface area is 186 Å². The van der Waals surface area contributed by atoms with Crippen LogP contribution in [0.2, 0.25) is 15.1 Å². The topological polar surface area (TPSA) is 66.5 Å². The summed E-state index contributed by atoms with van der Waals surface area (Å²) < 4.78 is 27.1. The van der Waals surface area contributed by atoms with Crippen LogP contribution in [0.15, 0.2) is 36.4 Å². The molecule has 0 saturated carbocycles. The number of aryl methyl sites for hydroxylation is 1. The minimum absolute atomic E-state index is 0.148. The van der Waals surface area contributed by atoms with Crippen LogP contribution in [0.1, 0.15) is 24.0 Å². The lowest BCUT2D eigenvalue weighted by Gasteiger charge is -2.31. The molecule has 1 amide bonds. The molecule has 2 aromatic rings. The van der Waals surface area contributed by atoms with Gasteiger partial charge < -0.3 is 5.32 Å². The Bertz CT molecular complexity index is 1030. The van der Waals surface area contributed by atoms with Crippen LogP contribution < -0.4 is 5.32 Å².